The highest BCUT2D eigenvalue weighted by Crippen LogP contribution is 2.30. The van der Waals surface area contributed by atoms with E-state index >= 15 is 0 Å². The van der Waals surface area contributed by atoms with E-state index < -0.39 is 0 Å². The molecule has 1 atom stereocenters. The first-order valence-corrected chi connectivity index (χ1v) is 7.62. The molecule has 106 valence electrons. The number of hydrogen-bond acceptors (Lipinski definition) is 4. The second kappa shape index (κ2) is 6.73. The normalized spacial score (nSPS) is 18.9. The number of anilines is 2. The maximum Gasteiger partial charge on any atom is 0.137 e. The van der Waals surface area contributed by atoms with Crippen LogP contribution in [-0.2, 0) is 6.42 Å². The van der Waals surface area contributed by atoms with E-state index in [1.54, 1.807) is 6.33 Å². The molecule has 0 radical (unpaired) electrons. The topological polar surface area (TPSA) is 41.1 Å². The molecule has 4 nitrogen and oxygen atoms in total. The minimum Gasteiger partial charge on any atom is -0.370 e. The Hall–Kier alpha value is -1.32. The highest BCUT2D eigenvalue weighted by molar-refractivity contribution is 5.59. The second-order valence-corrected chi connectivity index (χ2v) is 5.31. The highest BCUT2D eigenvalue weighted by atomic mass is 15.2. The average Bonchev–Trinajstić information content (AvgIpc) is 2.90. The first kappa shape index (κ1) is 14.1. The molecular formula is C15H26N4. The SMILES string of the molecule is CCCc1c(NCC)ncnc1N1CCC(CC)C1. The smallest absolute Gasteiger partial charge is 0.137 e. The molecule has 1 fully saturated rings. The molecule has 0 spiro atoms. The van der Waals surface area contributed by atoms with E-state index in [4.69, 9.17) is 0 Å². The second-order valence-electron chi connectivity index (χ2n) is 5.31. The van der Waals surface area contributed by atoms with Gasteiger partial charge in [-0.05, 0) is 25.7 Å². The maximum atomic E-state index is 4.57. The van der Waals surface area contributed by atoms with Gasteiger partial charge in [-0.1, -0.05) is 26.7 Å². The van der Waals surface area contributed by atoms with Gasteiger partial charge in [0.25, 0.3) is 0 Å². The zero-order valence-electron chi connectivity index (χ0n) is 12.4. The Balaban J connectivity index is 2.25. The zero-order chi connectivity index (χ0) is 13.7. The number of hydrogen-bond donors (Lipinski definition) is 1. The molecule has 2 rings (SSSR count). The quantitative estimate of drug-likeness (QED) is 0.855. The van der Waals surface area contributed by atoms with Crippen molar-refractivity contribution < 1.29 is 0 Å². The summed E-state index contributed by atoms with van der Waals surface area (Å²) in [6.45, 7) is 9.80. The molecule has 19 heavy (non-hydrogen) atoms. The first-order chi connectivity index (χ1) is 9.30. The highest BCUT2D eigenvalue weighted by Gasteiger charge is 2.25. The minimum absolute atomic E-state index is 0.826. The van der Waals surface area contributed by atoms with Crippen LogP contribution in [0.4, 0.5) is 11.6 Å². The Kier molecular flexibility index (Phi) is 5.00. The summed E-state index contributed by atoms with van der Waals surface area (Å²) >= 11 is 0. The van der Waals surface area contributed by atoms with Crippen molar-refractivity contribution in [2.24, 2.45) is 5.92 Å². The van der Waals surface area contributed by atoms with Crippen molar-refractivity contribution in [3.8, 4) is 0 Å². The molecule has 1 N–H and O–H groups in total. The van der Waals surface area contributed by atoms with Gasteiger partial charge in [-0.15, -0.1) is 0 Å². The van der Waals surface area contributed by atoms with E-state index in [0.29, 0.717) is 0 Å². The first-order valence-electron chi connectivity index (χ1n) is 7.62. The van der Waals surface area contributed by atoms with Crippen LogP contribution < -0.4 is 10.2 Å². The fourth-order valence-corrected chi connectivity index (χ4v) is 2.83. The van der Waals surface area contributed by atoms with E-state index in [1.807, 2.05) is 0 Å². The monoisotopic (exact) mass is 262 g/mol. The maximum absolute atomic E-state index is 4.57. The summed E-state index contributed by atoms with van der Waals surface area (Å²) in [5, 5.41) is 3.37. The standard InChI is InChI=1S/C15H26N4/c1-4-7-13-14(16-6-3)17-11-18-15(13)19-9-8-12(5-2)10-19/h11-12H,4-10H2,1-3H3,(H,16,17,18). The summed E-state index contributed by atoms with van der Waals surface area (Å²) in [5.74, 6) is 3.00. The van der Waals surface area contributed by atoms with Crippen LogP contribution in [0.1, 0.15) is 45.6 Å². The minimum atomic E-state index is 0.826. The van der Waals surface area contributed by atoms with Crippen LogP contribution >= 0.6 is 0 Å². The van der Waals surface area contributed by atoms with Gasteiger partial charge in [0.15, 0.2) is 0 Å². The third kappa shape index (κ3) is 3.17. The van der Waals surface area contributed by atoms with Gasteiger partial charge in [0, 0.05) is 25.2 Å². The summed E-state index contributed by atoms with van der Waals surface area (Å²) in [5.41, 5.74) is 1.30. The summed E-state index contributed by atoms with van der Waals surface area (Å²) in [6, 6.07) is 0. The fourth-order valence-electron chi connectivity index (χ4n) is 2.83. The van der Waals surface area contributed by atoms with Gasteiger partial charge in [0.2, 0.25) is 0 Å². The van der Waals surface area contributed by atoms with Crippen LogP contribution in [0, 0.1) is 5.92 Å². The predicted octanol–water partition coefficient (Wildman–Crippen LogP) is 3.10. The van der Waals surface area contributed by atoms with Gasteiger partial charge in [-0.25, -0.2) is 9.97 Å². The van der Waals surface area contributed by atoms with Crippen molar-refractivity contribution >= 4 is 11.6 Å². The third-order valence-corrected chi connectivity index (χ3v) is 3.93. The van der Waals surface area contributed by atoms with E-state index in [-0.39, 0.29) is 0 Å². The Morgan fingerprint density at radius 1 is 1.32 bits per heavy atom. The average molecular weight is 262 g/mol. The van der Waals surface area contributed by atoms with Gasteiger partial charge >= 0.3 is 0 Å². The van der Waals surface area contributed by atoms with Crippen molar-refractivity contribution in [2.75, 3.05) is 29.9 Å². The van der Waals surface area contributed by atoms with Crippen LogP contribution in [-0.4, -0.2) is 29.6 Å². The van der Waals surface area contributed by atoms with E-state index in [1.165, 1.54) is 18.4 Å². The summed E-state index contributed by atoms with van der Waals surface area (Å²) in [4.78, 5) is 11.4. The molecule has 0 aromatic carbocycles. The van der Waals surface area contributed by atoms with Crippen LogP contribution in [0.3, 0.4) is 0 Å². The van der Waals surface area contributed by atoms with E-state index in [0.717, 1.165) is 50.0 Å². The number of aromatic nitrogens is 2. The van der Waals surface area contributed by atoms with Crippen LogP contribution in [0.25, 0.3) is 0 Å². The Labute approximate surface area is 116 Å². The largest absolute Gasteiger partial charge is 0.370 e. The molecule has 1 aromatic rings. The Bertz CT molecular complexity index is 405. The molecule has 0 amide bonds. The Morgan fingerprint density at radius 2 is 2.16 bits per heavy atom. The van der Waals surface area contributed by atoms with Gasteiger partial charge < -0.3 is 10.2 Å². The molecule has 2 heterocycles. The van der Waals surface area contributed by atoms with Gasteiger partial charge in [0.1, 0.15) is 18.0 Å². The number of nitrogens with one attached hydrogen (secondary N) is 1. The van der Waals surface area contributed by atoms with Crippen molar-refractivity contribution in [1.82, 2.24) is 9.97 Å². The third-order valence-electron chi connectivity index (χ3n) is 3.93. The summed E-state index contributed by atoms with van der Waals surface area (Å²) in [6.07, 6.45) is 6.44. The van der Waals surface area contributed by atoms with Crippen LogP contribution in [0.15, 0.2) is 6.33 Å². The summed E-state index contributed by atoms with van der Waals surface area (Å²) < 4.78 is 0. The number of nitrogens with zero attached hydrogens (tertiary/aromatic N) is 3. The van der Waals surface area contributed by atoms with Crippen molar-refractivity contribution in [3.05, 3.63) is 11.9 Å². The molecular weight excluding hydrogens is 236 g/mol. The fraction of sp³-hybridized carbons (Fsp3) is 0.733. The van der Waals surface area contributed by atoms with Crippen molar-refractivity contribution in [1.29, 1.82) is 0 Å². The lowest BCUT2D eigenvalue weighted by atomic mass is 10.1. The van der Waals surface area contributed by atoms with Gasteiger partial charge in [-0.2, -0.15) is 0 Å². The lowest BCUT2D eigenvalue weighted by molar-refractivity contribution is 0.568. The van der Waals surface area contributed by atoms with E-state index in [2.05, 4.69) is 41.0 Å². The molecule has 0 saturated carbocycles. The number of rotatable bonds is 6. The van der Waals surface area contributed by atoms with E-state index in [9.17, 15) is 0 Å². The molecule has 1 aliphatic heterocycles. The molecule has 4 heteroatoms. The molecule has 1 saturated heterocycles. The van der Waals surface area contributed by atoms with Gasteiger partial charge in [0.05, 0.1) is 0 Å². The van der Waals surface area contributed by atoms with Crippen LogP contribution in [0.2, 0.25) is 0 Å². The van der Waals surface area contributed by atoms with Crippen LogP contribution in [0.5, 0.6) is 0 Å². The predicted molar refractivity (Wildman–Crippen MR) is 80.8 cm³/mol. The van der Waals surface area contributed by atoms with Crippen molar-refractivity contribution in [2.45, 2.75) is 46.5 Å². The molecule has 0 aliphatic carbocycles. The summed E-state index contributed by atoms with van der Waals surface area (Å²) in [7, 11) is 0. The van der Waals surface area contributed by atoms with Gasteiger partial charge in [-0.3, -0.25) is 0 Å². The lowest BCUT2D eigenvalue weighted by Crippen LogP contribution is -2.23. The molecule has 1 aliphatic rings. The molecule has 1 aromatic heterocycles. The zero-order valence-corrected chi connectivity index (χ0v) is 12.4. The molecule has 1 unspecified atom stereocenters. The molecule has 0 bridgehead atoms. The lowest BCUT2D eigenvalue weighted by Gasteiger charge is -2.22. The van der Waals surface area contributed by atoms with Crippen molar-refractivity contribution in [3.63, 3.8) is 0 Å². The Morgan fingerprint density at radius 3 is 2.79 bits per heavy atom.